The average Bonchev–Trinajstić information content (AvgIpc) is 2.46. The average molecular weight is 301 g/mol. The van der Waals surface area contributed by atoms with E-state index in [1.807, 2.05) is 18.7 Å². The van der Waals surface area contributed by atoms with Crippen molar-refractivity contribution in [1.82, 2.24) is 19.6 Å². The topological polar surface area (TPSA) is 24.3 Å². The Morgan fingerprint density at radius 1 is 1.18 bits per heavy atom. The van der Waals surface area contributed by atoms with E-state index in [4.69, 9.17) is 0 Å². The van der Waals surface area contributed by atoms with E-state index in [2.05, 4.69) is 37.9 Å². The van der Waals surface area contributed by atoms with Crippen LogP contribution in [-0.2, 0) is 13.6 Å². The molecule has 0 radical (unpaired) electrons. The zero-order chi connectivity index (χ0) is 12.4. The molecule has 0 aliphatic carbocycles. The summed E-state index contributed by atoms with van der Waals surface area (Å²) >= 11 is 3.64. The Morgan fingerprint density at radius 3 is 2.59 bits per heavy atom. The van der Waals surface area contributed by atoms with Gasteiger partial charge in [-0.1, -0.05) is 0 Å². The van der Waals surface area contributed by atoms with Gasteiger partial charge in [-0.3, -0.25) is 9.58 Å². The molecule has 0 unspecified atom stereocenters. The molecule has 2 rings (SSSR count). The Kier molecular flexibility index (Phi) is 4.22. The minimum atomic E-state index is 0.992. The lowest BCUT2D eigenvalue weighted by atomic mass is 10.3. The third-order valence-electron chi connectivity index (χ3n) is 3.45. The van der Waals surface area contributed by atoms with Gasteiger partial charge in [-0.05, 0) is 49.4 Å². The van der Waals surface area contributed by atoms with Crippen LogP contribution in [0, 0.1) is 6.92 Å². The number of likely N-dealkylation sites (N-methyl/N-ethyl adjacent to an activating group) is 1. The molecule has 1 aliphatic rings. The fourth-order valence-electron chi connectivity index (χ4n) is 2.32. The molecule has 1 aromatic heterocycles. The van der Waals surface area contributed by atoms with Crippen molar-refractivity contribution in [3.63, 3.8) is 0 Å². The highest BCUT2D eigenvalue weighted by atomic mass is 79.9. The van der Waals surface area contributed by atoms with Gasteiger partial charge in [-0.2, -0.15) is 5.10 Å². The Labute approximate surface area is 112 Å². The highest BCUT2D eigenvalue weighted by Gasteiger charge is 2.17. The molecule has 2 heterocycles. The molecule has 1 aliphatic heterocycles. The lowest BCUT2D eigenvalue weighted by molar-refractivity contribution is 0.262. The van der Waals surface area contributed by atoms with Crippen molar-refractivity contribution < 1.29 is 0 Å². The van der Waals surface area contributed by atoms with Gasteiger partial charge in [-0.15, -0.1) is 0 Å². The molecule has 0 amide bonds. The second-order valence-electron chi connectivity index (χ2n) is 4.90. The molecule has 1 aromatic rings. The molecule has 0 N–H and O–H groups in total. The summed E-state index contributed by atoms with van der Waals surface area (Å²) in [5, 5.41) is 4.45. The number of aryl methyl sites for hydroxylation is 2. The number of aromatic nitrogens is 2. The van der Waals surface area contributed by atoms with Crippen molar-refractivity contribution >= 4 is 15.9 Å². The van der Waals surface area contributed by atoms with Crippen molar-refractivity contribution in [3.8, 4) is 0 Å². The van der Waals surface area contributed by atoms with Gasteiger partial charge in [0.2, 0.25) is 0 Å². The predicted octanol–water partition coefficient (Wildman–Crippen LogP) is 1.63. The number of halogens is 1. The van der Waals surface area contributed by atoms with Crippen LogP contribution in [0.1, 0.15) is 17.8 Å². The Bertz CT molecular complexity index is 388. The van der Waals surface area contributed by atoms with Crippen LogP contribution in [0.4, 0.5) is 0 Å². The van der Waals surface area contributed by atoms with E-state index >= 15 is 0 Å². The van der Waals surface area contributed by atoms with Crippen molar-refractivity contribution in [3.05, 3.63) is 15.9 Å². The van der Waals surface area contributed by atoms with Gasteiger partial charge in [0.05, 0.1) is 15.9 Å². The summed E-state index contributed by atoms with van der Waals surface area (Å²) in [7, 11) is 4.23. The summed E-state index contributed by atoms with van der Waals surface area (Å²) < 4.78 is 3.16. The van der Waals surface area contributed by atoms with Crippen LogP contribution in [0.5, 0.6) is 0 Å². The van der Waals surface area contributed by atoms with Crippen molar-refractivity contribution in [2.24, 2.45) is 7.05 Å². The van der Waals surface area contributed by atoms with Gasteiger partial charge in [0, 0.05) is 26.7 Å². The molecule has 0 atom stereocenters. The minimum Gasteiger partial charge on any atom is -0.305 e. The highest BCUT2D eigenvalue weighted by Crippen LogP contribution is 2.22. The zero-order valence-electron chi connectivity index (χ0n) is 10.9. The van der Waals surface area contributed by atoms with Crippen LogP contribution in [0.15, 0.2) is 4.47 Å². The molecule has 17 heavy (non-hydrogen) atoms. The Hall–Kier alpha value is -0.390. The van der Waals surface area contributed by atoms with Crippen molar-refractivity contribution in [1.29, 1.82) is 0 Å². The lowest BCUT2D eigenvalue weighted by Gasteiger charge is -2.20. The van der Waals surface area contributed by atoms with Gasteiger partial charge < -0.3 is 4.90 Å². The maximum absolute atomic E-state index is 4.45. The maximum atomic E-state index is 4.45. The quantitative estimate of drug-likeness (QED) is 0.830. The van der Waals surface area contributed by atoms with Gasteiger partial charge in [0.1, 0.15) is 0 Å². The fraction of sp³-hybridized carbons (Fsp3) is 0.750. The molecule has 5 heteroatoms. The molecule has 0 aromatic carbocycles. The predicted molar refractivity (Wildman–Crippen MR) is 73.0 cm³/mol. The van der Waals surface area contributed by atoms with E-state index < -0.39 is 0 Å². The van der Waals surface area contributed by atoms with E-state index in [9.17, 15) is 0 Å². The SMILES string of the molecule is Cc1nn(C)c(CN2CCCN(C)CC2)c1Br. The van der Waals surface area contributed by atoms with Crippen LogP contribution in [0.3, 0.4) is 0 Å². The van der Waals surface area contributed by atoms with Crippen LogP contribution in [0.25, 0.3) is 0 Å². The normalized spacial score (nSPS) is 19.5. The summed E-state index contributed by atoms with van der Waals surface area (Å²) in [6.45, 7) is 7.74. The summed E-state index contributed by atoms with van der Waals surface area (Å²) in [6.07, 6.45) is 1.25. The number of hydrogen-bond donors (Lipinski definition) is 0. The van der Waals surface area contributed by atoms with E-state index in [0.29, 0.717) is 0 Å². The van der Waals surface area contributed by atoms with Gasteiger partial charge in [-0.25, -0.2) is 0 Å². The molecule has 4 nitrogen and oxygen atoms in total. The molecular weight excluding hydrogens is 280 g/mol. The van der Waals surface area contributed by atoms with Gasteiger partial charge in [0.15, 0.2) is 0 Å². The first-order chi connectivity index (χ1) is 8.08. The van der Waals surface area contributed by atoms with Crippen molar-refractivity contribution in [2.45, 2.75) is 19.9 Å². The van der Waals surface area contributed by atoms with E-state index in [0.717, 1.165) is 29.8 Å². The van der Waals surface area contributed by atoms with E-state index in [1.54, 1.807) is 0 Å². The summed E-state index contributed by atoms with van der Waals surface area (Å²) in [4.78, 5) is 4.92. The third kappa shape index (κ3) is 3.09. The maximum Gasteiger partial charge on any atom is 0.0739 e. The van der Waals surface area contributed by atoms with E-state index in [-0.39, 0.29) is 0 Å². The van der Waals surface area contributed by atoms with E-state index in [1.165, 1.54) is 25.2 Å². The second-order valence-corrected chi connectivity index (χ2v) is 5.70. The number of nitrogens with zero attached hydrogens (tertiary/aromatic N) is 4. The van der Waals surface area contributed by atoms with Crippen LogP contribution in [-0.4, -0.2) is 52.8 Å². The van der Waals surface area contributed by atoms with Gasteiger partial charge >= 0.3 is 0 Å². The summed E-state index contributed by atoms with van der Waals surface area (Å²) in [6, 6.07) is 0. The second kappa shape index (κ2) is 5.50. The zero-order valence-corrected chi connectivity index (χ0v) is 12.5. The smallest absolute Gasteiger partial charge is 0.0739 e. The first-order valence-electron chi connectivity index (χ1n) is 6.17. The minimum absolute atomic E-state index is 0.992. The first kappa shape index (κ1) is 13.1. The Morgan fingerprint density at radius 2 is 1.94 bits per heavy atom. The molecule has 96 valence electrons. The summed E-state index contributed by atoms with van der Waals surface area (Å²) in [5.74, 6) is 0. The Balaban J connectivity index is 2.04. The lowest BCUT2D eigenvalue weighted by Crippen LogP contribution is -2.29. The molecule has 0 bridgehead atoms. The number of hydrogen-bond acceptors (Lipinski definition) is 3. The first-order valence-corrected chi connectivity index (χ1v) is 6.96. The highest BCUT2D eigenvalue weighted by molar-refractivity contribution is 9.10. The monoisotopic (exact) mass is 300 g/mol. The molecule has 1 saturated heterocycles. The summed E-state index contributed by atoms with van der Waals surface area (Å²) in [5.41, 5.74) is 2.36. The van der Waals surface area contributed by atoms with Crippen LogP contribution >= 0.6 is 15.9 Å². The van der Waals surface area contributed by atoms with Crippen LogP contribution < -0.4 is 0 Å². The van der Waals surface area contributed by atoms with Gasteiger partial charge in [0.25, 0.3) is 0 Å². The third-order valence-corrected chi connectivity index (χ3v) is 4.48. The number of rotatable bonds is 2. The molecular formula is C12H21BrN4. The van der Waals surface area contributed by atoms with Crippen LogP contribution in [0.2, 0.25) is 0 Å². The molecule has 1 fully saturated rings. The molecule has 0 saturated carbocycles. The van der Waals surface area contributed by atoms with Crippen molar-refractivity contribution in [2.75, 3.05) is 33.2 Å². The standard InChI is InChI=1S/C12H21BrN4/c1-10-12(13)11(16(3)14-10)9-17-6-4-5-15(2)7-8-17/h4-9H2,1-3H3. The fourth-order valence-corrected chi connectivity index (χ4v) is 2.78. The molecule has 0 spiro atoms. The largest absolute Gasteiger partial charge is 0.305 e.